The third kappa shape index (κ3) is 3.56. The van der Waals surface area contributed by atoms with Gasteiger partial charge in [-0.15, -0.1) is 0 Å². The molecular formula is C16H20N4O. The van der Waals surface area contributed by atoms with Gasteiger partial charge in [-0.1, -0.05) is 13.0 Å². The zero-order valence-corrected chi connectivity index (χ0v) is 12.6. The Bertz CT molecular complexity index is 613. The third-order valence-corrected chi connectivity index (χ3v) is 3.13. The Hall–Kier alpha value is -2.43. The normalized spacial score (nSPS) is 10.2. The van der Waals surface area contributed by atoms with Gasteiger partial charge in [0.1, 0.15) is 5.82 Å². The number of pyridine rings is 2. The molecule has 1 amide bonds. The van der Waals surface area contributed by atoms with Crippen molar-refractivity contribution in [2.45, 2.75) is 20.3 Å². The van der Waals surface area contributed by atoms with Crippen molar-refractivity contribution < 1.29 is 4.79 Å². The van der Waals surface area contributed by atoms with Crippen molar-refractivity contribution in [1.29, 1.82) is 0 Å². The minimum absolute atomic E-state index is 0.125. The lowest BCUT2D eigenvalue weighted by Crippen LogP contribution is -2.28. The maximum atomic E-state index is 12.6. The smallest absolute Gasteiger partial charge is 0.262 e. The van der Waals surface area contributed by atoms with Gasteiger partial charge in [-0.05, 0) is 31.5 Å². The minimum Gasteiger partial charge on any atom is -0.384 e. The minimum atomic E-state index is -0.125. The molecule has 5 heteroatoms. The fraction of sp³-hybridized carbons (Fsp3) is 0.312. The molecule has 2 aromatic rings. The predicted octanol–water partition coefficient (Wildman–Crippen LogP) is 2.88. The zero-order chi connectivity index (χ0) is 15.2. The van der Waals surface area contributed by atoms with Gasteiger partial charge in [0.2, 0.25) is 0 Å². The summed E-state index contributed by atoms with van der Waals surface area (Å²) in [5.74, 6) is 0.490. The summed E-state index contributed by atoms with van der Waals surface area (Å²) in [7, 11) is 1.72. The van der Waals surface area contributed by atoms with E-state index in [1.807, 2.05) is 25.1 Å². The van der Waals surface area contributed by atoms with Crippen LogP contribution in [0.15, 0.2) is 36.7 Å². The molecule has 0 saturated carbocycles. The Morgan fingerprint density at radius 1 is 1.33 bits per heavy atom. The van der Waals surface area contributed by atoms with Crippen molar-refractivity contribution in [2.24, 2.45) is 0 Å². The van der Waals surface area contributed by atoms with Crippen LogP contribution in [-0.4, -0.2) is 29.5 Å². The van der Waals surface area contributed by atoms with Crippen molar-refractivity contribution in [1.82, 2.24) is 9.97 Å². The summed E-state index contributed by atoms with van der Waals surface area (Å²) in [5, 5.41) is 3.28. The zero-order valence-electron chi connectivity index (χ0n) is 12.6. The quantitative estimate of drug-likeness (QED) is 0.917. The van der Waals surface area contributed by atoms with Crippen LogP contribution in [0.5, 0.6) is 0 Å². The van der Waals surface area contributed by atoms with Gasteiger partial charge >= 0.3 is 0 Å². The van der Waals surface area contributed by atoms with E-state index in [4.69, 9.17) is 0 Å². The first-order chi connectivity index (χ1) is 10.1. The first-order valence-corrected chi connectivity index (χ1v) is 7.03. The summed E-state index contributed by atoms with van der Waals surface area (Å²) >= 11 is 0. The summed E-state index contributed by atoms with van der Waals surface area (Å²) in [6, 6.07) is 7.38. The molecule has 0 radical (unpaired) electrons. The van der Waals surface area contributed by atoms with Gasteiger partial charge in [0.05, 0.1) is 11.3 Å². The molecule has 110 valence electrons. The van der Waals surface area contributed by atoms with Crippen molar-refractivity contribution in [3.05, 3.63) is 47.9 Å². The molecule has 0 bridgehead atoms. The second kappa shape index (κ2) is 6.83. The van der Waals surface area contributed by atoms with Crippen LogP contribution < -0.4 is 10.2 Å². The van der Waals surface area contributed by atoms with Crippen molar-refractivity contribution in [3.8, 4) is 0 Å². The van der Waals surface area contributed by atoms with Gasteiger partial charge in [-0.2, -0.15) is 0 Å². The van der Waals surface area contributed by atoms with Crippen LogP contribution in [0.25, 0.3) is 0 Å². The third-order valence-electron chi connectivity index (χ3n) is 3.13. The molecule has 0 unspecified atom stereocenters. The molecule has 2 aromatic heterocycles. The highest BCUT2D eigenvalue weighted by Crippen LogP contribution is 2.19. The van der Waals surface area contributed by atoms with Crippen LogP contribution >= 0.6 is 0 Å². The lowest BCUT2D eigenvalue weighted by molar-refractivity contribution is 0.0992. The molecule has 0 saturated heterocycles. The summed E-state index contributed by atoms with van der Waals surface area (Å²) < 4.78 is 0. The van der Waals surface area contributed by atoms with Gasteiger partial charge < -0.3 is 5.32 Å². The van der Waals surface area contributed by atoms with Crippen LogP contribution in [0.3, 0.4) is 0 Å². The van der Waals surface area contributed by atoms with E-state index in [0.717, 1.165) is 24.3 Å². The molecule has 21 heavy (non-hydrogen) atoms. The van der Waals surface area contributed by atoms with Crippen molar-refractivity contribution in [3.63, 3.8) is 0 Å². The highest BCUT2D eigenvalue weighted by Gasteiger charge is 2.18. The predicted molar refractivity (Wildman–Crippen MR) is 84.7 cm³/mol. The van der Waals surface area contributed by atoms with E-state index in [2.05, 4.69) is 22.2 Å². The molecule has 0 aliphatic carbocycles. The van der Waals surface area contributed by atoms with Crippen LogP contribution in [0.1, 0.15) is 29.4 Å². The molecule has 0 atom stereocenters. The fourth-order valence-corrected chi connectivity index (χ4v) is 1.97. The number of carbonyl (C=O) groups is 1. The summed E-state index contributed by atoms with van der Waals surface area (Å²) in [5.41, 5.74) is 2.25. The highest BCUT2D eigenvalue weighted by atomic mass is 16.2. The molecule has 0 aliphatic rings. The van der Waals surface area contributed by atoms with E-state index in [0.29, 0.717) is 11.4 Å². The molecule has 0 aromatic carbocycles. The first kappa shape index (κ1) is 15.0. The number of hydrogen-bond acceptors (Lipinski definition) is 4. The van der Waals surface area contributed by atoms with Crippen molar-refractivity contribution in [2.75, 3.05) is 23.8 Å². The number of nitrogens with one attached hydrogen (secondary N) is 1. The average Bonchev–Trinajstić information content (AvgIpc) is 2.52. The lowest BCUT2D eigenvalue weighted by atomic mass is 10.1. The maximum Gasteiger partial charge on any atom is 0.262 e. The van der Waals surface area contributed by atoms with Gasteiger partial charge in [0.15, 0.2) is 0 Å². The number of amides is 1. The molecule has 2 heterocycles. The van der Waals surface area contributed by atoms with E-state index in [1.165, 1.54) is 4.90 Å². The maximum absolute atomic E-state index is 12.6. The average molecular weight is 284 g/mol. The van der Waals surface area contributed by atoms with Gasteiger partial charge in [0, 0.05) is 31.7 Å². The number of aromatic nitrogens is 2. The number of anilines is 2. The first-order valence-electron chi connectivity index (χ1n) is 7.03. The molecule has 0 fully saturated rings. The number of nitrogens with zero attached hydrogens (tertiary/aromatic N) is 3. The van der Waals surface area contributed by atoms with Crippen molar-refractivity contribution >= 4 is 17.4 Å². The second-order valence-electron chi connectivity index (χ2n) is 4.85. The van der Waals surface area contributed by atoms with E-state index in [9.17, 15) is 4.79 Å². The topological polar surface area (TPSA) is 58.1 Å². The Morgan fingerprint density at radius 2 is 2.14 bits per heavy atom. The Morgan fingerprint density at radius 3 is 2.81 bits per heavy atom. The highest BCUT2D eigenvalue weighted by molar-refractivity contribution is 6.08. The van der Waals surface area contributed by atoms with E-state index >= 15 is 0 Å². The molecule has 0 spiro atoms. The van der Waals surface area contributed by atoms with Gasteiger partial charge in [0.25, 0.3) is 5.91 Å². The van der Waals surface area contributed by atoms with Gasteiger partial charge in [-0.3, -0.25) is 14.7 Å². The SMILES string of the molecule is CCCNc1cc(C)ncc1C(=O)N(C)c1ccccn1. The van der Waals surface area contributed by atoms with Crippen LogP contribution in [-0.2, 0) is 0 Å². The fourth-order valence-electron chi connectivity index (χ4n) is 1.97. The van der Waals surface area contributed by atoms with Crippen LogP contribution in [0, 0.1) is 6.92 Å². The number of carbonyl (C=O) groups excluding carboxylic acids is 1. The molecular weight excluding hydrogens is 264 g/mol. The van der Waals surface area contributed by atoms with Crippen LogP contribution in [0.4, 0.5) is 11.5 Å². The Balaban J connectivity index is 2.30. The number of aryl methyl sites for hydroxylation is 1. The Labute approximate surface area is 125 Å². The number of rotatable bonds is 5. The summed E-state index contributed by atoms with van der Waals surface area (Å²) in [6.07, 6.45) is 4.28. The number of hydrogen-bond donors (Lipinski definition) is 1. The molecule has 2 rings (SSSR count). The summed E-state index contributed by atoms with van der Waals surface area (Å²) in [4.78, 5) is 22.6. The largest absolute Gasteiger partial charge is 0.384 e. The molecule has 5 nitrogen and oxygen atoms in total. The lowest BCUT2D eigenvalue weighted by Gasteiger charge is -2.18. The second-order valence-corrected chi connectivity index (χ2v) is 4.85. The van der Waals surface area contributed by atoms with Gasteiger partial charge in [-0.25, -0.2) is 4.98 Å². The molecule has 1 N–H and O–H groups in total. The monoisotopic (exact) mass is 284 g/mol. The summed E-state index contributed by atoms with van der Waals surface area (Å²) in [6.45, 7) is 4.81. The van der Waals surface area contributed by atoms with E-state index < -0.39 is 0 Å². The van der Waals surface area contributed by atoms with E-state index in [-0.39, 0.29) is 5.91 Å². The van der Waals surface area contributed by atoms with E-state index in [1.54, 1.807) is 25.5 Å². The van der Waals surface area contributed by atoms with Crippen LogP contribution in [0.2, 0.25) is 0 Å². The Kier molecular flexibility index (Phi) is 4.87. The standard InChI is InChI=1S/C16H20N4O/c1-4-8-17-14-10-12(2)19-11-13(14)16(21)20(3)15-7-5-6-9-18-15/h5-7,9-11H,4,8H2,1-3H3,(H,17,19). The molecule has 0 aliphatic heterocycles.